The van der Waals surface area contributed by atoms with E-state index >= 15 is 0 Å². The molecule has 1 aromatic carbocycles. The molecular formula is C21H24BrN3O3. The predicted molar refractivity (Wildman–Crippen MR) is 110 cm³/mol. The van der Waals surface area contributed by atoms with Crippen LogP contribution in [0.5, 0.6) is 5.75 Å². The van der Waals surface area contributed by atoms with Crippen LogP contribution in [0, 0.1) is 0 Å². The van der Waals surface area contributed by atoms with E-state index in [0.717, 1.165) is 23.1 Å². The predicted octanol–water partition coefficient (Wildman–Crippen LogP) is 3.42. The fourth-order valence-electron chi connectivity index (χ4n) is 3.18. The number of rotatable bonds is 7. The highest BCUT2D eigenvalue weighted by atomic mass is 79.9. The van der Waals surface area contributed by atoms with Gasteiger partial charge >= 0.3 is 0 Å². The van der Waals surface area contributed by atoms with E-state index in [4.69, 9.17) is 4.74 Å². The van der Waals surface area contributed by atoms with E-state index < -0.39 is 0 Å². The third kappa shape index (κ3) is 5.79. The average molecular weight is 446 g/mol. The molecule has 1 aliphatic heterocycles. The van der Waals surface area contributed by atoms with Gasteiger partial charge in [0.25, 0.3) is 5.91 Å². The first-order valence-electron chi connectivity index (χ1n) is 9.49. The Morgan fingerprint density at radius 2 is 1.86 bits per heavy atom. The van der Waals surface area contributed by atoms with Crippen molar-refractivity contribution in [2.24, 2.45) is 0 Å². The Balaban J connectivity index is 1.34. The molecule has 6 nitrogen and oxygen atoms in total. The summed E-state index contributed by atoms with van der Waals surface area (Å²) in [7, 11) is 0. The lowest BCUT2D eigenvalue weighted by Crippen LogP contribution is -2.46. The van der Waals surface area contributed by atoms with Crippen molar-refractivity contribution in [1.82, 2.24) is 15.2 Å². The van der Waals surface area contributed by atoms with Crippen LogP contribution in [0.2, 0.25) is 0 Å². The van der Waals surface area contributed by atoms with Crippen molar-refractivity contribution in [3.05, 3.63) is 58.8 Å². The number of hydrogen-bond donors (Lipinski definition) is 1. The van der Waals surface area contributed by atoms with Crippen molar-refractivity contribution in [3.8, 4) is 5.75 Å². The Kier molecular flexibility index (Phi) is 7.42. The van der Waals surface area contributed by atoms with Gasteiger partial charge in [0.2, 0.25) is 5.91 Å². The van der Waals surface area contributed by atoms with Gasteiger partial charge < -0.3 is 15.0 Å². The van der Waals surface area contributed by atoms with Crippen LogP contribution in [0.25, 0.3) is 0 Å². The number of benzene rings is 1. The van der Waals surface area contributed by atoms with Gasteiger partial charge in [0.1, 0.15) is 5.75 Å². The number of pyridine rings is 1. The van der Waals surface area contributed by atoms with Crippen LogP contribution in [0.1, 0.15) is 36.0 Å². The van der Waals surface area contributed by atoms with Gasteiger partial charge in [-0.2, -0.15) is 0 Å². The number of carbonyl (C=O) groups is 2. The zero-order valence-electron chi connectivity index (χ0n) is 15.6. The first-order chi connectivity index (χ1) is 13.6. The molecule has 1 saturated heterocycles. The quantitative estimate of drug-likeness (QED) is 0.662. The van der Waals surface area contributed by atoms with Crippen LogP contribution >= 0.6 is 15.9 Å². The largest absolute Gasteiger partial charge is 0.492 e. The summed E-state index contributed by atoms with van der Waals surface area (Å²) in [4.78, 5) is 30.4. The van der Waals surface area contributed by atoms with Gasteiger partial charge in [-0.3, -0.25) is 14.6 Å². The third-order valence-corrected chi connectivity index (χ3v) is 5.37. The second-order valence-corrected chi connectivity index (χ2v) is 7.61. The van der Waals surface area contributed by atoms with Gasteiger partial charge in [-0.05, 0) is 59.5 Å². The molecule has 0 radical (unpaired) electrons. The number of likely N-dealkylation sites (tertiary alicyclic amines) is 1. The average Bonchev–Trinajstić information content (AvgIpc) is 2.73. The lowest BCUT2D eigenvalue weighted by Gasteiger charge is -2.32. The molecule has 3 rings (SSSR count). The zero-order chi connectivity index (χ0) is 19.8. The number of nitrogens with zero attached hydrogens (tertiary/aromatic N) is 2. The molecule has 1 aromatic heterocycles. The summed E-state index contributed by atoms with van der Waals surface area (Å²) in [5.41, 5.74) is 0.655. The zero-order valence-corrected chi connectivity index (χ0v) is 17.2. The van der Waals surface area contributed by atoms with Crippen LogP contribution in [0.4, 0.5) is 0 Å². The van der Waals surface area contributed by atoms with Crippen molar-refractivity contribution in [3.63, 3.8) is 0 Å². The summed E-state index contributed by atoms with van der Waals surface area (Å²) in [5, 5.41) is 3.08. The first kappa shape index (κ1) is 20.3. The molecule has 2 amide bonds. The number of amides is 2. The van der Waals surface area contributed by atoms with Gasteiger partial charge in [-0.25, -0.2) is 0 Å². The van der Waals surface area contributed by atoms with E-state index in [0.29, 0.717) is 38.1 Å². The number of aromatic nitrogens is 1. The second kappa shape index (κ2) is 10.2. The highest BCUT2D eigenvalue weighted by Gasteiger charge is 2.24. The van der Waals surface area contributed by atoms with E-state index in [1.807, 2.05) is 29.2 Å². The Hall–Kier alpha value is -2.41. The maximum atomic E-state index is 12.4. The number of ether oxygens (including phenoxy) is 1. The van der Waals surface area contributed by atoms with E-state index in [1.54, 1.807) is 24.5 Å². The smallest absolute Gasteiger partial charge is 0.253 e. The van der Waals surface area contributed by atoms with Crippen molar-refractivity contribution in [2.75, 3.05) is 19.7 Å². The van der Waals surface area contributed by atoms with Crippen molar-refractivity contribution >= 4 is 27.7 Å². The molecule has 1 fully saturated rings. The summed E-state index contributed by atoms with van der Waals surface area (Å²) in [6.07, 6.45) is 5.89. The van der Waals surface area contributed by atoms with E-state index in [2.05, 4.69) is 26.2 Å². The molecule has 0 unspecified atom stereocenters. The fraction of sp³-hybridized carbons (Fsp3) is 0.381. The number of hydrogen-bond acceptors (Lipinski definition) is 4. The second-order valence-electron chi connectivity index (χ2n) is 6.75. The minimum atomic E-state index is 0.0244. The molecule has 148 valence electrons. The minimum absolute atomic E-state index is 0.0244. The van der Waals surface area contributed by atoms with E-state index in [9.17, 15) is 9.59 Å². The van der Waals surface area contributed by atoms with Gasteiger partial charge in [0.05, 0.1) is 11.1 Å². The van der Waals surface area contributed by atoms with Gasteiger partial charge in [-0.1, -0.05) is 12.1 Å². The molecule has 7 heteroatoms. The molecule has 1 N–H and O–H groups in total. The monoisotopic (exact) mass is 445 g/mol. The highest BCUT2D eigenvalue weighted by molar-refractivity contribution is 9.10. The topological polar surface area (TPSA) is 71.5 Å². The molecule has 1 aliphatic rings. The van der Waals surface area contributed by atoms with Crippen LogP contribution in [-0.4, -0.2) is 47.4 Å². The molecule has 2 heterocycles. The Bertz CT molecular complexity index is 792. The minimum Gasteiger partial charge on any atom is -0.492 e. The summed E-state index contributed by atoms with van der Waals surface area (Å²) >= 11 is 3.44. The molecule has 0 saturated carbocycles. The number of carbonyl (C=O) groups excluding carboxylic acids is 2. The molecule has 0 aliphatic carbocycles. The van der Waals surface area contributed by atoms with Crippen LogP contribution in [-0.2, 0) is 4.79 Å². The molecule has 28 heavy (non-hydrogen) atoms. The van der Waals surface area contributed by atoms with Crippen LogP contribution < -0.4 is 10.1 Å². The first-order valence-corrected chi connectivity index (χ1v) is 10.3. The molecule has 0 bridgehead atoms. The number of piperidine rings is 1. The highest BCUT2D eigenvalue weighted by Crippen LogP contribution is 2.23. The molecule has 0 atom stereocenters. The van der Waals surface area contributed by atoms with Crippen molar-refractivity contribution in [1.29, 1.82) is 0 Å². The number of para-hydroxylation sites is 1. The lowest BCUT2D eigenvalue weighted by molar-refractivity contribution is -0.122. The summed E-state index contributed by atoms with van der Waals surface area (Å²) in [6.45, 7) is 1.80. The fourth-order valence-corrected chi connectivity index (χ4v) is 3.58. The number of halogens is 1. The maximum absolute atomic E-state index is 12.4. The molecule has 2 aromatic rings. The molecule has 0 spiro atoms. The summed E-state index contributed by atoms with van der Waals surface area (Å²) in [5.74, 6) is 0.847. The van der Waals surface area contributed by atoms with Crippen molar-refractivity contribution < 1.29 is 14.3 Å². The Labute approximate surface area is 173 Å². The SMILES string of the molecule is O=C(CCCOc1ccccc1Br)NC1CCN(C(=O)c2ccncc2)CC1. The van der Waals surface area contributed by atoms with Crippen LogP contribution in [0.15, 0.2) is 53.3 Å². The van der Waals surface area contributed by atoms with Crippen molar-refractivity contribution in [2.45, 2.75) is 31.7 Å². The standard InChI is InChI=1S/C21H24BrN3O3/c22-18-4-1-2-5-19(18)28-15-3-6-20(26)24-17-9-13-25(14-10-17)21(27)16-7-11-23-12-8-16/h1-2,4-5,7-8,11-12,17H,3,6,9-10,13-15H2,(H,24,26). The third-order valence-electron chi connectivity index (χ3n) is 4.72. The number of nitrogens with one attached hydrogen (secondary N) is 1. The van der Waals surface area contributed by atoms with Gasteiger partial charge in [-0.15, -0.1) is 0 Å². The van der Waals surface area contributed by atoms with Gasteiger partial charge in [0.15, 0.2) is 0 Å². The maximum Gasteiger partial charge on any atom is 0.253 e. The van der Waals surface area contributed by atoms with Crippen LogP contribution in [0.3, 0.4) is 0 Å². The Morgan fingerprint density at radius 3 is 2.57 bits per heavy atom. The Morgan fingerprint density at radius 1 is 1.14 bits per heavy atom. The summed E-state index contributed by atoms with van der Waals surface area (Å²) < 4.78 is 6.59. The van der Waals surface area contributed by atoms with Gasteiger partial charge in [0, 0.05) is 43.5 Å². The van der Waals surface area contributed by atoms with E-state index in [1.165, 1.54) is 0 Å². The van der Waals surface area contributed by atoms with E-state index in [-0.39, 0.29) is 17.9 Å². The lowest BCUT2D eigenvalue weighted by atomic mass is 10.0. The summed E-state index contributed by atoms with van der Waals surface area (Å²) in [6, 6.07) is 11.2. The molecular weight excluding hydrogens is 422 g/mol. The normalized spacial score (nSPS) is 14.5.